The van der Waals surface area contributed by atoms with Crippen LogP contribution in [-0.2, 0) is 0 Å². The molecule has 20 heavy (non-hydrogen) atoms. The van der Waals surface area contributed by atoms with E-state index in [0.29, 0.717) is 6.42 Å². The van der Waals surface area contributed by atoms with E-state index < -0.39 is 16.3 Å². The highest BCUT2D eigenvalue weighted by Crippen LogP contribution is 2.31. The molecule has 1 aromatic rings. The second-order valence-electron chi connectivity index (χ2n) is 5.49. The molecule has 0 aliphatic heterocycles. The predicted octanol–water partition coefficient (Wildman–Crippen LogP) is 3.71. The zero-order valence-corrected chi connectivity index (χ0v) is 13.2. The summed E-state index contributed by atoms with van der Waals surface area (Å²) < 4.78 is 13.5. The van der Waals surface area contributed by atoms with Crippen molar-refractivity contribution in [1.82, 2.24) is 0 Å². The third-order valence-electron chi connectivity index (χ3n) is 2.74. The van der Waals surface area contributed by atoms with Crippen molar-refractivity contribution >= 4 is 27.3 Å². The van der Waals surface area contributed by atoms with Crippen molar-refractivity contribution in [3.8, 4) is 0 Å². The normalized spacial score (nSPS) is 14.2. The van der Waals surface area contributed by atoms with Gasteiger partial charge in [0.05, 0.1) is 15.0 Å². The minimum Gasteiger partial charge on any atom is -0.388 e. The topological polar surface area (TPSA) is 75.4 Å². The molecule has 0 heterocycles. The second kappa shape index (κ2) is 6.49. The van der Waals surface area contributed by atoms with Gasteiger partial charge < -0.3 is 10.4 Å². The van der Waals surface area contributed by atoms with Gasteiger partial charge in [-0.25, -0.2) is 4.39 Å². The first-order valence-electron chi connectivity index (χ1n) is 6.22. The molecule has 112 valence electrons. The number of nitrogens with zero attached hydrogens (tertiary/aromatic N) is 1. The van der Waals surface area contributed by atoms with Gasteiger partial charge in [0.25, 0.3) is 5.69 Å². The van der Waals surface area contributed by atoms with Gasteiger partial charge in [0.1, 0.15) is 11.5 Å². The summed E-state index contributed by atoms with van der Waals surface area (Å²) in [6, 6.07) is 2.16. The molecule has 0 amide bonds. The lowest BCUT2D eigenvalue weighted by Gasteiger charge is -2.26. The van der Waals surface area contributed by atoms with Gasteiger partial charge in [-0.15, -0.1) is 0 Å². The quantitative estimate of drug-likeness (QED) is 0.607. The minimum atomic E-state index is -1.02. The molecule has 0 aromatic heterocycles. The summed E-state index contributed by atoms with van der Waals surface area (Å²) in [6.45, 7) is 5.68. The van der Waals surface area contributed by atoms with E-state index in [-0.39, 0.29) is 28.3 Å². The molecular weight excluding hydrogens is 331 g/mol. The van der Waals surface area contributed by atoms with E-state index in [4.69, 9.17) is 0 Å². The maximum atomic E-state index is 13.5. The third-order valence-corrected chi connectivity index (χ3v) is 3.35. The summed E-state index contributed by atoms with van der Waals surface area (Å²) in [6.07, 6.45) is 0.535. The maximum Gasteiger partial charge on any atom is 0.293 e. The molecule has 0 fully saturated rings. The molecule has 1 atom stereocenters. The minimum absolute atomic E-state index is 0.0312. The largest absolute Gasteiger partial charge is 0.388 e. The second-order valence-corrected chi connectivity index (χ2v) is 6.34. The molecule has 0 bridgehead atoms. The van der Waals surface area contributed by atoms with Crippen molar-refractivity contribution in [1.29, 1.82) is 0 Å². The van der Waals surface area contributed by atoms with Crippen LogP contribution in [0.3, 0.4) is 0 Å². The van der Waals surface area contributed by atoms with Gasteiger partial charge in [0.2, 0.25) is 0 Å². The molecule has 0 aliphatic rings. The average molecular weight is 349 g/mol. The highest BCUT2D eigenvalue weighted by molar-refractivity contribution is 9.10. The smallest absolute Gasteiger partial charge is 0.293 e. The molecule has 1 unspecified atom stereocenters. The van der Waals surface area contributed by atoms with E-state index in [2.05, 4.69) is 21.2 Å². The zero-order chi connectivity index (χ0) is 15.5. The van der Waals surface area contributed by atoms with Crippen molar-refractivity contribution in [2.45, 2.75) is 32.8 Å². The van der Waals surface area contributed by atoms with Crippen LogP contribution in [0.4, 0.5) is 15.8 Å². The Kier molecular flexibility index (Phi) is 5.47. The summed E-state index contributed by atoms with van der Waals surface area (Å²) in [7, 11) is 0. The Morgan fingerprint density at radius 1 is 1.55 bits per heavy atom. The summed E-state index contributed by atoms with van der Waals surface area (Å²) in [4.78, 5) is 10.4. The van der Waals surface area contributed by atoms with Crippen LogP contribution in [0, 0.1) is 21.8 Å². The first-order valence-corrected chi connectivity index (χ1v) is 7.01. The van der Waals surface area contributed by atoms with E-state index in [1.807, 2.05) is 13.8 Å². The highest BCUT2D eigenvalue weighted by atomic mass is 79.9. The number of nitrogens with one attached hydrogen (secondary N) is 1. The Labute approximate surface area is 125 Å². The van der Waals surface area contributed by atoms with Crippen molar-refractivity contribution in [3.63, 3.8) is 0 Å². The standard InChI is InChI=1S/C13H18BrFN2O3/c1-8(2)6-13(3,18)7-16-11-5-10(15)9(14)4-12(11)17(19)20/h4-5,8,16,18H,6-7H2,1-3H3. The Balaban J connectivity index is 2.92. The van der Waals surface area contributed by atoms with Crippen molar-refractivity contribution in [2.24, 2.45) is 5.92 Å². The van der Waals surface area contributed by atoms with Crippen molar-refractivity contribution in [2.75, 3.05) is 11.9 Å². The Morgan fingerprint density at radius 2 is 2.15 bits per heavy atom. The molecule has 1 rings (SSSR count). The van der Waals surface area contributed by atoms with Gasteiger partial charge in [-0.2, -0.15) is 0 Å². The molecule has 2 N–H and O–H groups in total. The van der Waals surface area contributed by atoms with Crippen LogP contribution in [0.15, 0.2) is 16.6 Å². The van der Waals surface area contributed by atoms with Crippen molar-refractivity contribution in [3.05, 3.63) is 32.5 Å². The van der Waals surface area contributed by atoms with E-state index in [9.17, 15) is 19.6 Å². The predicted molar refractivity (Wildman–Crippen MR) is 79.3 cm³/mol. The number of nitro benzene ring substituents is 1. The lowest BCUT2D eigenvalue weighted by Crippen LogP contribution is -2.35. The van der Waals surface area contributed by atoms with Crippen LogP contribution in [0.25, 0.3) is 0 Å². The first-order chi connectivity index (χ1) is 9.12. The number of halogens is 2. The van der Waals surface area contributed by atoms with Gasteiger partial charge in [-0.3, -0.25) is 10.1 Å². The molecule has 0 aliphatic carbocycles. The number of hydrogen-bond donors (Lipinski definition) is 2. The lowest BCUT2D eigenvalue weighted by atomic mass is 9.94. The van der Waals surface area contributed by atoms with Crippen molar-refractivity contribution < 1.29 is 14.4 Å². The Morgan fingerprint density at radius 3 is 2.65 bits per heavy atom. The van der Waals surface area contributed by atoms with Gasteiger partial charge >= 0.3 is 0 Å². The van der Waals surface area contributed by atoms with Crippen LogP contribution in [-0.4, -0.2) is 22.2 Å². The average Bonchev–Trinajstić information content (AvgIpc) is 2.28. The number of anilines is 1. The SMILES string of the molecule is CC(C)CC(C)(O)CNc1cc(F)c(Br)cc1[N+](=O)[O-]. The Bertz CT molecular complexity index is 507. The summed E-state index contributed by atoms with van der Waals surface area (Å²) in [5.41, 5.74) is -1.20. The molecular formula is C13H18BrFN2O3. The third kappa shape index (κ3) is 4.72. The Hall–Kier alpha value is -1.21. The maximum absolute atomic E-state index is 13.5. The number of hydrogen-bond acceptors (Lipinski definition) is 4. The summed E-state index contributed by atoms with van der Waals surface area (Å²) in [5.74, 6) is -0.315. The van der Waals surface area contributed by atoms with Gasteiger partial charge in [-0.05, 0) is 35.2 Å². The molecule has 7 heteroatoms. The van der Waals surface area contributed by atoms with Gasteiger partial charge in [-0.1, -0.05) is 13.8 Å². The van der Waals surface area contributed by atoms with Crippen LogP contribution in [0.5, 0.6) is 0 Å². The number of benzene rings is 1. The summed E-state index contributed by atoms with van der Waals surface area (Å²) >= 11 is 2.92. The first kappa shape index (κ1) is 16.8. The van der Waals surface area contributed by atoms with Crippen LogP contribution in [0.2, 0.25) is 0 Å². The molecule has 0 saturated carbocycles. The number of rotatable bonds is 6. The lowest BCUT2D eigenvalue weighted by molar-refractivity contribution is -0.384. The van der Waals surface area contributed by atoms with Crippen LogP contribution >= 0.6 is 15.9 Å². The molecule has 0 spiro atoms. The fraction of sp³-hybridized carbons (Fsp3) is 0.538. The highest BCUT2D eigenvalue weighted by Gasteiger charge is 2.24. The monoisotopic (exact) mass is 348 g/mol. The fourth-order valence-corrected chi connectivity index (χ4v) is 2.40. The number of aliphatic hydroxyl groups is 1. The van der Waals surface area contributed by atoms with Gasteiger partial charge in [0.15, 0.2) is 0 Å². The van der Waals surface area contributed by atoms with Crippen LogP contribution in [0.1, 0.15) is 27.2 Å². The molecule has 0 saturated heterocycles. The van der Waals surface area contributed by atoms with E-state index in [1.165, 1.54) is 0 Å². The van der Waals surface area contributed by atoms with Crippen LogP contribution < -0.4 is 5.32 Å². The zero-order valence-electron chi connectivity index (χ0n) is 11.6. The molecule has 1 aromatic carbocycles. The van der Waals surface area contributed by atoms with E-state index in [0.717, 1.165) is 12.1 Å². The fourth-order valence-electron chi connectivity index (χ4n) is 2.07. The van der Waals surface area contributed by atoms with Gasteiger partial charge in [0, 0.05) is 18.7 Å². The molecule has 5 nitrogen and oxygen atoms in total. The van der Waals surface area contributed by atoms with E-state index >= 15 is 0 Å². The number of nitro groups is 1. The summed E-state index contributed by atoms with van der Waals surface area (Å²) in [5, 5.41) is 23.9. The van der Waals surface area contributed by atoms with E-state index in [1.54, 1.807) is 6.92 Å². The molecule has 0 radical (unpaired) electrons.